The van der Waals surface area contributed by atoms with Crippen LogP contribution in [-0.2, 0) is 23.8 Å². The summed E-state index contributed by atoms with van der Waals surface area (Å²) >= 11 is 6.15. The summed E-state index contributed by atoms with van der Waals surface area (Å²) in [7, 11) is -0.915. The van der Waals surface area contributed by atoms with Crippen LogP contribution in [0.4, 0.5) is 0 Å². The number of aryl methyl sites for hydroxylation is 1. The monoisotopic (exact) mass is 790 g/mol. The number of aromatic nitrogens is 2. The van der Waals surface area contributed by atoms with Crippen LogP contribution in [0.2, 0.25) is 24.7 Å². The topological polar surface area (TPSA) is 119 Å². The van der Waals surface area contributed by atoms with E-state index in [1.54, 1.807) is 45.4 Å². The Morgan fingerprint density at radius 3 is 1.94 bits per heavy atom. The SMILES string of the molecule is COc1ccc(C(OC[C@H]2O[C@@H](n3cc(C)c(=O)[nH]c3=O)C[C@@H]2OP(Oc2ccc(Cl)cc2)O[Si](C)(C)C)(c2ccccc2)c2ccc(OC)cc2)cc1. The van der Waals surface area contributed by atoms with E-state index < -0.39 is 52.2 Å². The first-order chi connectivity index (χ1) is 25.9. The quantitative estimate of drug-likeness (QED) is 0.0634. The maximum atomic E-state index is 13.1. The van der Waals surface area contributed by atoms with E-state index in [0.717, 1.165) is 16.7 Å². The molecule has 0 aliphatic carbocycles. The minimum Gasteiger partial charge on any atom is -0.497 e. The van der Waals surface area contributed by atoms with Crippen molar-refractivity contribution < 1.29 is 32.2 Å². The number of nitrogens with zero attached hydrogens (tertiary/aromatic N) is 1. The van der Waals surface area contributed by atoms with E-state index in [1.807, 2.05) is 98.5 Å². The van der Waals surface area contributed by atoms with Crippen LogP contribution < -0.4 is 25.2 Å². The van der Waals surface area contributed by atoms with E-state index >= 15 is 0 Å². The fraction of sp³-hybridized carbons (Fsp3) is 0.300. The van der Waals surface area contributed by atoms with Gasteiger partial charge in [-0.25, -0.2) is 4.79 Å². The zero-order valence-corrected chi connectivity index (χ0v) is 33.6. The Kier molecular flexibility index (Phi) is 12.4. The summed E-state index contributed by atoms with van der Waals surface area (Å²) in [6.07, 6.45) is -0.442. The molecule has 5 aromatic rings. The number of H-pyrrole nitrogens is 1. The van der Waals surface area contributed by atoms with E-state index in [1.165, 1.54) is 10.8 Å². The Labute approximate surface area is 321 Å². The van der Waals surface area contributed by atoms with Crippen LogP contribution in [0.5, 0.6) is 17.2 Å². The van der Waals surface area contributed by atoms with Gasteiger partial charge in [0.15, 0.2) is 8.32 Å². The van der Waals surface area contributed by atoms with Crippen LogP contribution in [0.1, 0.15) is 34.9 Å². The van der Waals surface area contributed by atoms with Crippen molar-refractivity contribution in [1.82, 2.24) is 9.55 Å². The zero-order valence-electron chi connectivity index (χ0n) is 31.0. The van der Waals surface area contributed by atoms with Gasteiger partial charge in [-0.15, -0.1) is 0 Å². The van der Waals surface area contributed by atoms with E-state index in [2.05, 4.69) is 4.98 Å². The number of hydrogen-bond acceptors (Lipinski definition) is 9. The molecule has 0 radical (unpaired) electrons. The first-order valence-corrected chi connectivity index (χ1v) is 22.3. The molecule has 1 aromatic heterocycles. The van der Waals surface area contributed by atoms with Gasteiger partial charge in [-0.05, 0) is 91.8 Å². The molecule has 14 heteroatoms. The number of halogens is 1. The number of rotatable bonds is 15. The first kappa shape index (κ1) is 39.4. The molecule has 54 heavy (non-hydrogen) atoms. The van der Waals surface area contributed by atoms with Crippen molar-refractivity contribution in [1.29, 1.82) is 0 Å². The minimum absolute atomic E-state index is 0.0161. The Morgan fingerprint density at radius 2 is 1.39 bits per heavy atom. The predicted molar refractivity (Wildman–Crippen MR) is 211 cm³/mol. The number of hydrogen-bond donors (Lipinski definition) is 1. The lowest BCUT2D eigenvalue weighted by molar-refractivity contribution is -0.0921. The van der Waals surface area contributed by atoms with Gasteiger partial charge in [-0.2, -0.15) is 0 Å². The van der Waals surface area contributed by atoms with Gasteiger partial charge in [0.25, 0.3) is 5.56 Å². The summed E-state index contributed by atoms with van der Waals surface area (Å²) in [4.78, 5) is 27.8. The highest BCUT2D eigenvalue weighted by atomic mass is 35.5. The standard InChI is InChI=1S/C40H44ClN2O9PSi/c1-27-25-43(39(45)42-38(27)44)37-24-35(51-53(52-54(4,5)6)50-34-22-16-31(41)17-23-34)36(49-37)26-48-40(28-10-8-7-9-11-28,29-12-18-32(46-2)19-13-29)30-14-20-33(47-3)21-15-30/h7-23,25,35-37H,24,26H2,1-6H3,(H,42,44,45)/t35-,36+,37+,53?/m0/s1. The number of nitrogens with one attached hydrogen (secondary N) is 1. The summed E-state index contributed by atoms with van der Waals surface area (Å²) in [5.41, 5.74) is 0.726. The van der Waals surface area contributed by atoms with Gasteiger partial charge in [0.2, 0.25) is 0 Å². The van der Waals surface area contributed by atoms with Crippen LogP contribution in [0.25, 0.3) is 0 Å². The number of ether oxygens (including phenoxy) is 4. The van der Waals surface area contributed by atoms with Gasteiger partial charge >= 0.3 is 14.3 Å². The molecule has 4 aromatic carbocycles. The maximum Gasteiger partial charge on any atom is 0.386 e. The zero-order chi connectivity index (χ0) is 38.5. The number of benzene rings is 4. The Balaban J connectivity index is 1.42. The molecule has 1 aliphatic rings. The van der Waals surface area contributed by atoms with Crippen LogP contribution in [0, 0.1) is 6.92 Å². The van der Waals surface area contributed by atoms with E-state index in [0.29, 0.717) is 27.8 Å². The average Bonchev–Trinajstić information content (AvgIpc) is 3.56. The second-order valence-electron chi connectivity index (χ2n) is 13.8. The highest BCUT2D eigenvalue weighted by molar-refractivity contribution is 7.44. The third-order valence-electron chi connectivity index (χ3n) is 8.84. The Bertz CT molecular complexity index is 2060. The predicted octanol–water partition coefficient (Wildman–Crippen LogP) is 8.35. The maximum absolute atomic E-state index is 13.1. The van der Waals surface area contributed by atoms with Crippen LogP contribution in [0.3, 0.4) is 0 Å². The van der Waals surface area contributed by atoms with Crippen molar-refractivity contribution in [2.24, 2.45) is 0 Å². The molecule has 0 saturated carbocycles. The van der Waals surface area contributed by atoms with Crippen molar-refractivity contribution in [3.8, 4) is 17.2 Å². The third kappa shape index (κ3) is 9.15. The summed E-state index contributed by atoms with van der Waals surface area (Å²) < 4.78 is 45.8. The largest absolute Gasteiger partial charge is 0.497 e. The van der Waals surface area contributed by atoms with Gasteiger partial charge in [0, 0.05) is 23.2 Å². The summed E-state index contributed by atoms with van der Waals surface area (Å²) in [6.45, 7) is 7.80. The van der Waals surface area contributed by atoms with E-state index in [-0.39, 0.29) is 13.0 Å². The van der Waals surface area contributed by atoms with E-state index in [4.69, 9.17) is 43.8 Å². The molecule has 6 rings (SSSR count). The Hall–Kier alpha value is -4.26. The van der Waals surface area contributed by atoms with E-state index in [9.17, 15) is 9.59 Å². The molecule has 1 saturated heterocycles. The highest BCUT2D eigenvalue weighted by Gasteiger charge is 2.45. The fourth-order valence-electron chi connectivity index (χ4n) is 6.19. The molecular formula is C40H44ClN2O9PSi. The molecule has 1 unspecified atom stereocenters. The van der Waals surface area contributed by atoms with Gasteiger partial charge < -0.3 is 27.7 Å². The van der Waals surface area contributed by atoms with Crippen LogP contribution in [0.15, 0.2) is 119 Å². The minimum atomic E-state index is -2.21. The van der Waals surface area contributed by atoms with Gasteiger partial charge in [-0.3, -0.25) is 18.9 Å². The second kappa shape index (κ2) is 17.0. The lowest BCUT2D eigenvalue weighted by Crippen LogP contribution is -2.38. The Morgan fingerprint density at radius 1 is 0.833 bits per heavy atom. The third-order valence-corrected chi connectivity index (χ3v) is 12.7. The molecule has 0 spiro atoms. The lowest BCUT2D eigenvalue weighted by atomic mass is 9.80. The van der Waals surface area contributed by atoms with Crippen molar-refractivity contribution in [3.05, 3.63) is 157 Å². The fourth-order valence-corrected chi connectivity index (χ4v) is 9.21. The number of aromatic amines is 1. The van der Waals surface area contributed by atoms with Crippen LogP contribution in [-0.4, -0.2) is 50.9 Å². The van der Waals surface area contributed by atoms with Crippen molar-refractivity contribution in [2.45, 2.75) is 57.0 Å². The molecular weight excluding hydrogens is 747 g/mol. The normalized spacial score (nSPS) is 17.9. The summed E-state index contributed by atoms with van der Waals surface area (Å²) in [6, 6.07) is 32.4. The molecule has 4 atom stereocenters. The molecule has 0 bridgehead atoms. The van der Waals surface area contributed by atoms with Crippen molar-refractivity contribution >= 4 is 28.5 Å². The molecule has 1 fully saturated rings. The lowest BCUT2D eigenvalue weighted by Gasteiger charge is -2.37. The smallest absolute Gasteiger partial charge is 0.386 e. The van der Waals surface area contributed by atoms with Gasteiger partial charge in [0.05, 0.1) is 20.8 Å². The summed E-state index contributed by atoms with van der Waals surface area (Å²) in [5, 5.41) is 0.570. The molecule has 0 amide bonds. The molecule has 1 N–H and O–H groups in total. The number of methoxy groups -OCH3 is 2. The molecule has 284 valence electrons. The molecule has 11 nitrogen and oxygen atoms in total. The highest BCUT2D eigenvalue weighted by Crippen LogP contribution is 2.49. The van der Waals surface area contributed by atoms with Crippen LogP contribution >= 0.6 is 20.2 Å². The molecule has 2 heterocycles. The van der Waals surface area contributed by atoms with Gasteiger partial charge in [0.1, 0.15) is 41.3 Å². The summed E-state index contributed by atoms with van der Waals surface area (Å²) in [5.74, 6) is 1.93. The van der Waals surface area contributed by atoms with Crippen molar-refractivity contribution in [2.75, 3.05) is 20.8 Å². The average molecular weight is 791 g/mol. The first-order valence-electron chi connectivity index (χ1n) is 17.4. The molecule has 1 aliphatic heterocycles. The van der Waals surface area contributed by atoms with Gasteiger partial charge in [-0.1, -0.05) is 66.2 Å². The van der Waals surface area contributed by atoms with Crippen molar-refractivity contribution in [3.63, 3.8) is 0 Å². The second-order valence-corrected chi connectivity index (χ2v) is 20.0.